The Labute approximate surface area is 141 Å². The first-order chi connectivity index (χ1) is 10.9. The van der Waals surface area contributed by atoms with Gasteiger partial charge in [0, 0.05) is 13.1 Å². The zero-order valence-corrected chi connectivity index (χ0v) is 14.7. The van der Waals surface area contributed by atoms with Gasteiger partial charge < -0.3 is 10.2 Å². The van der Waals surface area contributed by atoms with Crippen molar-refractivity contribution >= 4 is 29.6 Å². The van der Waals surface area contributed by atoms with Crippen LogP contribution in [0.15, 0.2) is 0 Å². The Balaban J connectivity index is 1.66. The lowest BCUT2D eigenvalue weighted by Gasteiger charge is -2.35. The van der Waals surface area contributed by atoms with Crippen LogP contribution in [0.25, 0.3) is 0 Å². The molecule has 2 unspecified atom stereocenters. The van der Waals surface area contributed by atoms with Crippen molar-refractivity contribution in [1.29, 1.82) is 0 Å². The molecule has 0 radical (unpaired) electrons. The smallest absolute Gasteiger partial charge is 0.325 e. The molecule has 3 saturated heterocycles. The third-order valence-corrected chi connectivity index (χ3v) is 6.09. The number of likely N-dealkylation sites (tertiary alicyclic amines) is 1. The second-order valence-electron chi connectivity index (χ2n) is 7.26. The standard InChI is InChI=1S/C16H25N3O3S/c1-11-7-12(2)9-18(8-11)13(20)10-19-14(21)16(17-15(19)22)3-5-23-6-4-16/h11-12H,3-10H2,1-2H3,(H,17,22). The van der Waals surface area contributed by atoms with Crippen molar-refractivity contribution < 1.29 is 14.4 Å². The molecule has 3 aliphatic heterocycles. The molecule has 0 aliphatic carbocycles. The van der Waals surface area contributed by atoms with Crippen LogP contribution >= 0.6 is 11.8 Å². The SMILES string of the molecule is CC1CC(C)CN(C(=O)CN2C(=O)NC3(CCSCC3)C2=O)C1. The third-order valence-electron chi connectivity index (χ3n) is 5.11. The number of rotatable bonds is 2. The van der Waals surface area contributed by atoms with Crippen molar-refractivity contribution in [1.82, 2.24) is 15.1 Å². The predicted molar refractivity (Wildman–Crippen MR) is 89.1 cm³/mol. The molecule has 0 saturated carbocycles. The fourth-order valence-electron chi connectivity index (χ4n) is 3.98. The number of hydrogen-bond donors (Lipinski definition) is 1. The Morgan fingerprint density at radius 2 is 1.83 bits per heavy atom. The molecule has 3 heterocycles. The summed E-state index contributed by atoms with van der Waals surface area (Å²) in [5, 5.41) is 2.85. The molecular weight excluding hydrogens is 314 g/mol. The number of carbonyl (C=O) groups excluding carboxylic acids is 3. The van der Waals surface area contributed by atoms with Crippen LogP contribution in [0.4, 0.5) is 4.79 Å². The summed E-state index contributed by atoms with van der Waals surface area (Å²) >= 11 is 1.80. The van der Waals surface area contributed by atoms with E-state index in [1.807, 2.05) is 0 Å². The van der Waals surface area contributed by atoms with Gasteiger partial charge in [0.15, 0.2) is 0 Å². The van der Waals surface area contributed by atoms with Crippen molar-refractivity contribution in [2.45, 2.75) is 38.6 Å². The predicted octanol–water partition coefficient (Wildman–Crippen LogP) is 1.31. The summed E-state index contributed by atoms with van der Waals surface area (Å²) in [6, 6.07) is -0.409. The van der Waals surface area contributed by atoms with E-state index in [0.717, 1.165) is 22.8 Å². The number of hydrogen-bond acceptors (Lipinski definition) is 4. The minimum atomic E-state index is -0.759. The molecule has 2 atom stereocenters. The number of nitrogens with one attached hydrogen (secondary N) is 1. The highest BCUT2D eigenvalue weighted by Crippen LogP contribution is 2.32. The summed E-state index contributed by atoms with van der Waals surface area (Å²) in [7, 11) is 0. The molecule has 3 fully saturated rings. The first-order valence-corrected chi connectivity index (χ1v) is 9.56. The summed E-state index contributed by atoms with van der Waals surface area (Å²) in [6.07, 6.45) is 2.43. The Kier molecular flexibility index (Phi) is 4.58. The highest BCUT2D eigenvalue weighted by molar-refractivity contribution is 7.99. The van der Waals surface area contributed by atoms with E-state index >= 15 is 0 Å². The van der Waals surface area contributed by atoms with E-state index < -0.39 is 11.6 Å². The van der Waals surface area contributed by atoms with E-state index in [1.54, 1.807) is 16.7 Å². The molecule has 0 aromatic carbocycles. The van der Waals surface area contributed by atoms with Crippen LogP contribution in [-0.2, 0) is 9.59 Å². The molecule has 3 rings (SSSR count). The largest absolute Gasteiger partial charge is 0.341 e. The van der Waals surface area contributed by atoms with Crippen molar-refractivity contribution in [2.24, 2.45) is 11.8 Å². The molecule has 0 aromatic heterocycles. The summed E-state index contributed by atoms with van der Waals surface area (Å²) < 4.78 is 0. The maximum absolute atomic E-state index is 12.7. The van der Waals surface area contributed by atoms with Crippen LogP contribution in [0.5, 0.6) is 0 Å². The van der Waals surface area contributed by atoms with Crippen molar-refractivity contribution in [2.75, 3.05) is 31.1 Å². The topological polar surface area (TPSA) is 69.7 Å². The monoisotopic (exact) mass is 339 g/mol. The van der Waals surface area contributed by atoms with Gasteiger partial charge in [0.25, 0.3) is 5.91 Å². The molecule has 3 aliphatic rings. The molecule has 7 heteroatoms. The lowest BCUT2D eigenvalue weighted by atomic mass is 9.91. The van der Waals surface area contributed by atoms with Gasteiger partial charge in [-0.15, -0.1) is 0 Å². The molecule has 1 spiro atoms. The van der Waals surface area contributed by atoms with Crippen LogP contribution in [-0.4, -0.2) is 64.3 Å². The maximum Gasteiger partial charge on any atom is 0.325 e. The first-order valence-electron chi connectivity index (χ1n) is 8.41. The Hall–Kier alpha value is -1.24. The van der Waals surface area contributed by atoms with Crippen molar-refractivity contribution in [3.63, 3.8) is 0 Å². The fraction of sp³-hybridized carbons (Fsp3) is 0.812. The first kappa shape index (κ1) is 16.6. The summed E-state index contributed by atoms with van der Waals surface area (Å²) in [5.74, 6) is 2.34. The number of thioether (sulfide) groups is 1. The highest BCUT2D eigenvalue weighted by Gasteiger charge is 2.52. The van der Waals surface area contributed by atoms with Crippen LogP contribution in [0.3, 0.4) is 0 Å². The zero-order valence-electron chi connectivity index (χ0n) is 13.8. The van der Waals surface area contributed by atoms with E-state index in [4.69, 9.17) is 0 Å². The maximum atomic E-state index is 12.7. The van der Waals surface area contributed by atoms with E-state index in [2.05, 4.69) is 19.2 Å². The molecule has 23 heavy (non-hydrogen) atoms. The second-order valence-corrected chi connectivity index (χ2v) is 8.49. The minimum absolute atomic E-state index is 0.117. The van der Waals surface area contributed by atoms with Gasteiger partial charge in [0.1, 0.15) is 12.1 Å². The molecule has 128 valence electrons. The van der Waals surface area contributed by atoms with Gasteiger partial charge in [-0.1, -0.05) is 13.8 Å². The van der Waals surface area contributed by atoms with Gasteiger partial charge in [-0.2, -0.15) is 11.8 Å². The van der Waals surface area contributed by atoms with Gasteiger partial charge in [-0.05, 0) is 42.6 Å². The fourth-order valence-corrected chi connectivity index (χ4v) is 5.17. The molecule has 0 aromatic rings. The zero-order chi connectivity index (χ0) is 16.6. The molecule has 4 amide bonds. The summed E-state index contributed by atoms with van der Waals surface area (Å²) in [6.45, 7) is 5.58. The number of urea groups is 1. The molecular formula is C16H25N3O3S. The average molecular weight is 339 g/mol. The van der Waals surface area contributed by atoms with Crippen molar-refractivity contribution in [3.05, 3.63) is 0 Å². The highest BCUT2D eigenvalue weighted by atomic mass is 32.2. The van der Waals surface area contributed by atoms with Crippen LogP contribution < -0.4 is 5.32 Å². The van der Waals surface area contributed by atoms with Gasteiger partial charge >= 0.3 is 6.03 Å². The third kappa shape index (κ3) is 3.20. The second kappa shape index (κ2) is 6.34. The number of piperidine rings is 1. The average Bonchev–Trinajstić information content (AvgIpc) is 2.71. The van der Waals surface area contributed by atoms with Gasteiger partial charge in [-0.25, -0.2) is 4.79 Å². The minimum Gasteiger partial charge on any atom is -0.341 e. The quantitative estimate of drug-likeness (QED) is 0.770. The lowest BCUT2D eigenvalue weighted by Crippen LogP contribution is -2.51. The normalized spacial score (nSPS) is 30.7. The van der Waals surface area contributed by atoms with E-state index in [-0.39, 0.29) is 18.4 Å². The number of imide groups is 1. The van der Waals surface area contributed by atoms with Crippen LogP contribution in [0.2, 0.25) is 0 Å². The summed E-state index contributed by atoms with van der Waals surface area (Å²) in [5.41, 5.74) is -0.759. The summed E-state index contributed by atoms with van der Waals surface area (Å²) in [4.78, 5) is 40.4. The number of amides is 4. The van der Waals surface area contributed by atoms with E-state index in [9.17, 15) is 14.4 Å². The Bertz CT molecular complexity index is 509. The Morgan fingerprint density at radius 1 is 1.22 bits per heavy atom. The molecule has 6 nitrogen and oxygen atoms in total. The van der Waals surface area contributed by atoms with Gasteiger partial charge in [-0.3, -0.25) is 14.5 Å². The van der Waals surface area contributed by atoms with Gasteiger partial charge in [0.2, 0.25) is 5.91 Å². The van der Waals surface area contributed by atoms with Gasteiger partial charge in [0.05, 0.1) is 0 Å². The number of nitrogens with zero attached hydrogens (tertiary/aromatic N) is 2. The van der Waals surface area contributed by atoms with Crippen LogP contribution in [0.1, 0.15) is 33.1 Å². The Morgan fingerprint density at radius 3 is 2.43 bits per heavy atom. The van der Waals surface area contributed by atoms with E-state index in [1.165, 1.54) is 0 Å². The van der Waals surface area contributed by atoms with Crippen molar-refractivity contribution in [3.8, 4) is 0 Å². The van der Waals surface area contributed by atoms with Crippen LogP contribution in [0, 0.1) is 11.8 Å². The molecule has 1 N–H and O–H groups in total. The number of carbonyl (C=O) groups is 3. The molecule has 0 bridgehead atoms. The lowest BCUT2D eigenvalue weighted by molar-refractivity contribution is -0.140. The van der Waals surface area contributed by atoms with E-state index in [0.29, 0.717) is 37.8 Å².